The minimum atomic E-state index is -1.03. The summed E-state index contributed by atoms with van der Waals surface area (Å²) < 4.78 is 32.0. The molecule has 364 valence electrons. The van der Waals surface area contributed by atoms with Crippen molar-refractivity contribution in [2.45, 2.75) is 44.3 Å². The Kier molecular flexibility index (Phi) is 15.0. The highest BCUT2D eigenvalue weighted by Crippen LogP contribution is 2.36. The number of fused-ring (bicyclic) bond motifs is 2. The minimum Gasteiger partial charge on any atom is -0.457 e. The molecular weight excluding hydrogens is 905 g/mol. The fourth-order valence-corrected chi connectivity index (χ4v) is 8.60. The van der Waals surface area contributed by atoms with Gasteiger partial charge in [-0.2, -0.15) is 5.10 Å². The Morgan fingerprint density at radius 2 is 1.53 bits per heavy atom. The molecule has 5 amide bonds. The van der Waals surface area contributed by atoms with E-state index in [1.54, 1.807) is 34.0 Å². The molecule has 9 rings (SSSR count). The summed E-state index contributed by atoms with van der Waals surface area (Å²) in [5.74, 6) is -0.691. The summed E-state index contributed by atoms with van der Waals surface area (Å²) in [6, 6.07) is 20.9. The zero-order valence-corrected chi connectivity index (χ0v) is 38.2. The molecule has 3 aliphatic rings. The molecule has 4 N–H and O–H groups in total. The summed E-state index contributed by atoms with van der Waals surface area (Å²) in [5, 5.41) is 19.3. The third kappa shape index (κ3) is 10.8. The number of hydrogen-bond acceptors (Lipinski definition) is 17. The van der Waals surface area contributed by atoms with Crippen molar-refractivity contribution in [1.29, 1.82) is 0 Å². The Morgan fingerprint density at radius 3 is 2.29 bits per heavy atom. The van der Waals surface area contributed by atoms with Crippen LogP contribution in [0.3, 0.4) is 0 Å². The largest absolute Gasteiger partial charge is 0.457 e. The molecule has 6 heterocycles. The number of piperidine rings is 2. The van der Waals surface area contributed by atoms with Gasteiger partial charge in [0.25, 0.3) is 17.7 Å². The SMILES string of the molecule is Nc1ncnc2c1c(-c1ccc(Oc3ccccc3)cc1)nn2C1CCCN(C(=O)c2cn(CCOCCOCCOCCOCCNc3cccc4c3C(=O)N(C3CCC(=O)NC3=O)C4=O)nn2)C1. The van der Waals surface area contributed by atoms with Gasteiger partial charge < -0.3 is 39.6 Å². The lowest BCUT2D eigenvalue weighted by Crippen LogP contribution is -2.54. The number of ether oxygens (including phenoxy) is 5. The van der Waals surface area contributed by atoms with Gasteiger partial charge in [0.05, 0.1) is 88.2 Å². The third-order valence-corrected chi connectivity index (χ3v) is 12.0. The van der Waals surface area contributed by atoms with E-state index in [0.29, 0.717) is 113 Å². The van der Waals surface area contributed by atoms with Crippen molar-refractivity contribution in [3.63, 3.8) is 0 Å². The first-order valence-electron chi connectivity index (χ1n) is 23.1. The van der Waals surface area contributed by atoms with Crippen molar-refractivity contribution in [2.24, 2.45) is 0 Å². The van der Waals surface area contributed by atoms with Gasteiger partial charge in [-0.15, -0.1) is 5.10 Å². The standard InChI is InChI=1S/C48H52N12O10/c49-43-41-42(31-11-13-34(14-12-31)70-33-7-2-1-3-8-33)55-60(44(41)52-30-51-43)32-6-5-18-57(28-32)47(64)37-29-58(56-54-37)19-21-67-23-25-69-27-26-68-24-22-66-20-17-50-36-10-4-9-35-40(36)48(65)59(46(35)63)38-15-16-39(61)53-45(38)62/h1-4,7-14,29-30,32,38,50H,5-6,15-28H2,(H2,49,51,52)(H,53,61,62). The summed E-state index contributed by atoms with van der Waals surface area (Å²) in [7, 11) is 0. The Labute approximate surface area is 401 Å². The second kappa shape index (κ2) is 22.2. The molecule has 70 heavy (non-hydrogen) atoms. The maximum atomic E-state index is 13.7. The van der Waals surface area contributed by atoms with Crippen LogP contribution in [0, 0.1) is 0 Å². The molecule has 2 fully saturated rings. The Balaban J connectivity index is 0.642. The van der Waals surface area contributed by atoms with Crippen LogP contribution in [-0.2, 0) is 35.1 Å². The first-order chi connectivity index (χ1) is 34.2. The third-order valence-electron chi connectivity index (χ3n) is 12.0. The molecule has 3 aromatic heterocycles. The number of rotatable bonds is 22. The molecule has 0 saturated carbocycles. The highest BCUT2D eigenvalue weighted by atomic mass is 16.6. The lowest BCUT2D eigenvalue weighted by Gasteiger charge is -2.32. The van der Waals surface area contributed by atoms with Gasteiger partial charge in [-0.1, -0.05) is 29.5 Å². The average Bonchev–Trinajstić information content (AvgIpc) is 4.08. The molecule has 6 aromatic rings. The molecular formula is C48H52N12O10. The Bertz CT molecular complexity index is 2840. The van der Waals surface area contributed by atoms with Crippen molar-refractivity contribution in [1.82, 2.24) is 49.9 Å². The van der Waals surface area contributed by atoms with Gasteiger partial charge in [-0.25, -0.2) is 19.3 Å². The monoisotopic (exact) mass is 956 g/mol. The number of para-hydroxylation sites is 1. The van der Waals surface area contributed by atoms with Crippen LogP contribution in [-0.4, -0.2) is 153 Å². The van der Waals surface area contributed by atoms with Crippen molar-refractivity contribution >= 4 is 52.1 Å². The lowest BCUT2D eigenvalue weighted by atomic mass is 10.0. The molecule has 22 nitrogen and oxygen atoms in total. The average molecular weight is 957 g/mol. The van der Waals surface area contributed by atoms with Crippen molar-refractivity contribution in [3.8, 4) is 22.8 Å². The van der Waals surface area contributed by atoms with Gasteiger partial charge in [0.1, 0.15) is 35.4 Å². The van der Waals surface area contributed by atoms with E-state index in [4.69, 9.17) is 34.5 Å². The summed E-state index contributed by atoms with van der Waals surface area (Å²) >= 11 is 0. The number of likely N-dealkylation sites (tertiary alicyclic amines) is 1. The zero-order valence-electron chi connectivity index (χ0n) is 38.2. The highest BCUT2D eigenvalue weighted by molar-refractivity contribution is 6.25. The number of nitrogens with zero attached hydrogens (tertiary/aromatic N) is 9. The van der Waals surface area contributed by atoms with Crippen LogP contribution in [0.25, 0.3) is 22.3 Å². The quantitative estimate of drug-likeness (QED) is 0.0649. The number of carbonyl (C=O) groups excluding carboxylic acids is 5. The topological polar surface area (TPSA) is 262 Å². The number of anilines is 2. The van der Waals surface area contributed by atoms with Gasteiger partial charge in [-0.3, -0.25) is 34.2 Å². The van der Waals surface area contributed by atoms with Crippen molar-refractivity contribution in [2.75, 3.05) is 83.5 Å². The second-order valence-corrected chi connectivity index (χ2v) is 16.7. The smallest absolute Gasteiger partial charge is 0.276 e. The fourth-order valence-electron chi connectivity index (χ4n) is 8.60. The van der Waals surface area contributed by atoms with E-state index in [9.17, 15) is 24.0 Å². The molecule has 3 aliphatic heterocycles. The van der Waals surface area contributed by atoms with Crippen LogP contribution < -0.4 is 21.1 Å². The molecule has 3 aromatic carbocycles. The predicted octanol–water partition coefficient (Wildman–Crippen LogP) is 3.52. The Hall–Kier alpha value is -7.66. The van der Waals surface area contributed by atoms with Crippen LogP contribution in [0.1, 0.15) is 62.9 Å². The number of amides is 5. The summed E-state index contributed by atoms with van der Waals surface area (Å²) in [4.78, 5) is 75.5. The minimum absolute atomic E-state index is 0.0527. The summed E-state index contributed by atoms with van der Waals surface area (Å²) in [6.45, 7) is 4.56. The van der Waals surface area contributed by atoms with Crippen LogP contribution in [0.15, 0.2) is 85.3 Å². The number of imide groups is 2. The second-order valence-electron chi connectivity index (χ2n) is 16.7. The van der Waals surface area contributed by atoms with E-state index >= 15 is 0 Å². The number of nitrogens with two attached hydrogens (primary N) is 1. The first kappa shape index (κ1) is 47.4. The van der Waals surface area contributed by atoms with Gasteiger partial charge in [0, 0.05) is 37.3 Å². The van der Waals surface area contributed by atoms with Gasteiger partial charge in [0.2, 0.25) is 11.8 Å². The normalized spacial score (nSPS) is 17.0. The van der Waals surface area contributed by atoms with E-state index in [2.05, 4.69) is 30.9 Å². The van der Waals surface area contributed by atoms with Gasteiger partial charge in [0.15, 0.2) is 11.3 Å². The zero-order chi connectivity index (χ0) is 48.4. The molecule has 0 bridgehead atoms. The van der Waals surface area contributed by atoms with E-state index < -0.39 is 29.7 Å². The maximum Gasteiger partial charge on any atom is 0.276 e. The number of hydrogen-bond donors (Lipinski definition) is 3. The van der Waals surface area contributed by atoms with Crippen LogP contribution >= 0.6 is 0 Å². The number of aromatic nitrogens is 7. The van der Waals surface area contributed by atoms with Crippen molar-refractivity contribution in [3.05, 3.63) is 102 Å². The Morgan fingerprint density at radius 1 is 0.800 bits per heavy atom. The van der Waals surface area contributed by atoms with Gasteiger partial charge >= 0.3 is 0 Å². The first-order valence-corrected chi connectivity index (χ1v) is 23.1. The summed E-state index contributed by atoms with van der Waals surface area (Å²) in [5.41, 5.74) is 9.59. The molecule has 2 unspecified atom stereocenters. The number of benzene rings is 3. The molecule has 0 radical (unpaired) electrons. The van der Waals surface area contributed by atoms with Gasteiger partial charge in [-0.05, 0) is 67.8 Å². The highest BCUT2D eigenvalue weighted by Gasteiger charge is 2.45. The van der Waals surface area contributed by atoms with E-state index in [0.717, 1.165) is 29.1 Å². The fraction of sp³-hybridized carbons (Fsp3) is 0.375. The molecule has 22 heteroatoms. The van der Waals surface area contributed by atoms with Crippen molar-refractivity contribution < 1.29 is 47.7 Å². The molecule has 0 spiro atoms. The molecule has 0 aliphatic carbocycles. The maximum absolute atomic E-state index is 13.7. The van der Waals surface area contributed by atoms with E-state index in [1.165, 1.54) is 6.33 Å². The predicted molar refractivity (Wildman–Crippen MR) is 251 cm³/mol. The van der Waals surface area contributed by atoms with E-state index in [1.807, 2.05) is 59.3 Å². The summed E-state index contributed by atoms with van der Waals surface area (Å²) in [6.07, 6.45) is 4.75. The lowest BCUT2D eigenvalue weighted by molar-refractivity contribution is -0.136. The number of nitrogen functional groups attached to an aromatic ring is 1. The van der Waals surface area contributed by atoms with E-state index in [-0.39, 0.29) is 41.6 Å². The molecule has 2 atom stereocenters. The van der Waals surface area contributed by atoms with Crippen LogP contribution in [0.4, 0.5) is 11.5 Å². The van der Waals surface area contributed by atoms with Crippen LogP contribution in [0.5, 0.6) is 11.5 Å². The number of nitrogens with one attached hydrogen (secondary N) is 2. The van der Waals surface area contributed by atoms with Crippen LogP contribution in [0.2, 0.25) is 0 Å². The molecule has 2 saturated heterocycles. The number of carbonyl (C=O) groups is 5.